The van der Waals surface area contributed by atoms with Gasteiger partial charge in [-0.2, -0.15) is 5.11 Å². The summed E-state index contributed by atoms with van der Waals surface area (Å²) in [6.07, 6.45) is 0. The van der Waals surface area contributed by atoms with Crippen LogP contribution in [0.25, 0.3) is 5.69 Å². The zero-order valence-electron chi connectivity index (χ0n) is 17.1. The van der Waals surface area contributed by atoms with Gasteiger partial charge in [0.2, 0.25) is 0 Å². The van der Waals surface area contributed by atoms with Crippen molar-refractivity contribution in [3.05, 3.63) is 57.5 Å². The maximum absolute atomic E-state index is 12.6. The third-order valence-corrected chi connectivity index (χ3v) is 5.76. The molecule has 18 heteroatoms. The van der Waals surface area contributed by atoms with Crippen molar-refractivity contribution in [3.8, 4) is 11.4 Å². The minimum absolute atomic E-state index is 0. The summed E-state index contributed by atoms with van der Waals surface area (Å²) < 4.78 is 67.9. The third kappa shape index (κ3) is 6.99. The van der Waals surface area contributed by atoms with Gasteiger partial charge in [-0.3, -0.25) is 4.79 Å². The normalized spacial score (nSPS) is 11.4. The molecule has 34 heavy (non-hydrogen) atoms. The van der Waals surface area contributed by atoms with Gasteiger partial charge in [0, 0.05) is 10.7 Å². The van der Waals surface area contributed by atoms with Crippen LogP contribution in [-0.4, -0.2) is 36.1 Å². The van der Waals surface area contributed by atoms with E-state index >= 15 is 0 Å². The van der Waals surface area contributed by atoms with E-state index in [-0.39, 0.29) is 74.5 Å². The number of rotatable bonds is 5. The number of azo groups is 1. The summed E-state index contributed by atoms with van der Waals surface area (Å²) in [5.74, 6) is -1.26. The van der Waals surface area contributed by atoms with Gasteiger partial charge in [0.15, 0.2) is 0 Å². The zero-order valence-corrected chi connectivity index (χ0v) is 22.7. The summed E-state index contributed by atoms with van der Waals surface area (Å²) in [6, 6.07) is 6.17. The molecular formula is C16H10ClCrN4NaO9S2-. The Hall–Kier alpha value is -1.55. The molecule has 13 nitrogen and oxygen atoms in total. The van der Waals surface area contributed by atoms with Crippen LogP contribution in [0.1, 0.15) is 5.69 Å². The molecule has 1 N–H and O–H groups in total. The topological polar surface area (TPSA) is 228 Å². The van der Waals surface area contributed by atoms with Gasteiger partial charge in [-0.15, -0.1) is 10.8 Å². The summed E-state index contributed by atoms with van der Waals surface area (Å²) in [5.41, 5.74) is -1.85. The quantitative estimate of drug-likeness (QED) is 0.182. The molecule has 2 aromatic carbocycles. The largest absolute Gasteiger partial charge is 3.00 e. The van der Waals surface area contributed by atoms with Crippen LogP contribution in [0.4, 0.5) is 11.4 Å². The van der Waals surface area contributed by atoms with E-state index in [4.69, 9.17) is 11.6 Å². The summed E-state index contributed by atoms with van der Waals surface area (Å²) in [6.45, 7) is 1.37. The van der Waals surface area contributed by atoms with Gasteiger partial charge < -0.3 is 29.5 Å². The number of hydrogen-bond donors (Lipinski definition) is 0. The second-order valence-corrected chi connectivity index (χ2v) is 9.17. The molecule has 3 rings (SSSR count). The van der Waals surface area contributed by atoms with Crippen LogP contribution in [0.5, 0.6) is 5.75 Å². The van der Waals surface area contributed by atoms with E-state index in [1.807, 2.05) is 0 Å². The molecular weight excluding hydrogens is 567 g/mol. The molecule has 0 bridgehead atoms. The summed E-state index contributed by atoms with van der Waals surface area (Å²) >= 11 is 5.71. The summed E-state index contributed by atoms with van der Waals surface area (Å²) in [5, 5.41) is 22.9. The molecule has 175 valence electrons. The standard InChI is InChI=1S/C16H13ClN4O8S2.Cr.Na.H2O/c1-8-14(19-18-12-5-9(17)6-13(15(12)22)31(27,28)29)16(23)21(20-8)10-3-2-4-11(7-10)30(24,25)26;;;/h2-7H,1H3,(H4,18,19,20,22,23,24,25,26,27,28,29);;;1H2/q;+3;+1;/p-5. The average Bonchev–Trinajstić information content (AvgIpc) is 2.94. The molecule has 1 aromatic heterocycles. The number of aromatic nitrogens is 2. The van der Waals surface area contributed by atoms with Crippen molar-refractivity contribution in [3.63, 3.8) is 0 Å². The molecule has 0 atom stereocenters. The number of aryl methyl sites for hydroxylation is 1. The van der Waals surface area contributed by atoms with Crippen molar-refractivity contribution in [1.29, 1.82) is 0 Å². The molecule has 0 fully saturated rings. The number of benzene rings is 2. The molecule has 1 radical (unpaired) electrons. The Morgan fingerprint density at radius 3 is 2.21 bits per heavy atom. The van der Waals surface area contributed by atoms with Gasteiger partial charge >= 0.3 is 46.9 Å². The van der Waals surface area contributed by atoms with Gasteiger partial charge in [0.25, 0.3) is 5.56 Å². The van der Waals surface area contributed by atoms with E-state index < -0.39 is 47.0 Å². The van der Waals surface area contributed by atoms with Crippen molar-refractivity contribution in [2.24, 2.45) is 10.2 Å². The van der Waals surface area contributed by atoms with E-state index in [0.29, 0.717) is 6.07 Å². The van der Waals surface area contributed by atoms with Crippen LogP contribution >= 0.6 is 11.6 Å². The Bertz CT molecular complexity index is 1510. The monoisotopic (exact) mass is 576 g/mol. The third-order valence-electron chi connectivity index (χ3n) is 3.87. The molecule has 0 saturated heterocycles. The van der Waals surface area contributed by atoms with Crippen LogP contribution in [-0.2, 0) is 37.6 Å². The van der Waals surface area contributed by atoms with E-state index in [0.717, 1.165) is 22.9 Å². The first-order chi connectivity index (χ1) is 14.3. The average molecular weight is 577 g/mol. The minimum atomic E-state index is -5.13. The van der Waals surface area contributed by atoms with E-state index in [9.17, 15) is 35.8 Å². The Kier molecular flexibility index (Phi) is 11.4. The molecule has 0 aliphatic carbocycles. The van der Waals surface area contributed by atoms with Crippen molar-refractivity contribution in [2.45, 2.75) is 16.7 Å². The van der Waals surface area contributed by atoms with Crippen LogP contribution in [0.15, 0.2) is 61.2 Å². The first-order valence-electron chi connectivity index (χ1n) is 8.00. The summed E-state index contributed by atoms with van der Waals surface area (Å²) in [4.78, 5) is 10.9. The fourth-order valence-electron chi connectivity index (χ4n) is 2.48. The number of hydrogen-bond acceptors (Lipinski definition) is 11. The molecule has 0 spiro atoms. The number of nitrogens with zero attached hydrogens (tertiary/aromatic N) is 4. The van der Waals surface area contributed by atoms with Gasteiger partial charge in [0.1, 0.15) is 25.9 Å². The van der Waals surface area contributed by atoms with Gasteiger partial charge in [0.05, 0.1) is 15.5 Å². The predicted octanol–water partition coefficient (Wildman–Crippen LogP) is -2.12. The number of halogens is 1. The predicted molar refractivity (Wildman–Crippen MR) is 103 cm³/mol. The van der Waals surface area contributed by atoms with E-state index in [2.05, 4.69) is 15.3 Å². The van der Waals surface area contributed by atoms with Crippen LogP contribution in [0, 0.1) is 6.92 Å². The van der Waals surface area contributed by atoms with Crippen molar-refractivity contribution in [2.75, 3.05) is 0 Å². The van der Waals surface area contributed by atoms with E-state index in [1.54, 1.807) is 0 Å². The first-order valence-corrected chi connectivity index (χ1v) is 11.2. The molecule has 0 aliphatic heterocycles. The molecule has 0 unspecified atom stereocenters. The maximum Gasteiger partial charge on any atom is 3.00 e. The molecule has 0 amide bonds. The fourth-order valence-corrected chi connectivity index (χ4v) is 3.87. The van der Waals surface area contributed by atoms with E-state index in [1.165, 1.54) is 19.1 Å². The summed E-state index contributed by atoms with van der Waals surface area (Å²) in [7, 11) is -9.91. The van der Waals surface area contributed by atoms with Gasteiger partial charge in [-0.25, -0.2) is 16.8 Å². The SMILES string of the molecule is Cc1[n-]n(-c2cccc(S(=O)(=O)[O-])c2)c(=O)c1N=Nc1cc(Cl)cc(S(=O)(=O)[O-])c1[O-].[Cr+3].[Na+].[OH-]. The van der Waals surface area contributed by atoms with Gasteiger partial charge in [-0.05, 0) is 30.3 Å². The smallest absolute Gasteiger partial charge is 0.870 e. The Morgan fingerprint density at radius 1 is 1.03 bits per heavy atom. The molecule has 3 aromatic rings. The second kappa shape index (κ2) is 11.9. The van der Waals surface area contributed by atoms with Crippen LogP contribution in [0.3, 0.4) is 0 Å². The molecule has 1 heterocycles. The Balaban J connectivity index is 0.00000363. The Labute approximate surface area is 230 Å². The second-order valence-electron chi connectivity index (χ2n) is 6.01. The maximum atomic E-state index is 12.6. The molecule has 0 saturated carbocycles. The van der Waals surface area contributed by atoms with Crippen molar-refractivity contribution < 1.29 is 83.4 Å². The molecule has 0 aliphatic rings. The zero-order chi connectivity index (χ0) is 23.1. The minimum Gasteiger partial charge on any atom is -0.870 e. The van der Waals surface area contributed by atoms with Crippen molar-refractivity contribution >= 4 is 43.2 Å². The van der Waals surface area contributed by atoms with Crippen LogP contribution < -0.4 is 45.3 Å². The first kappa shape index (κ1) is 32.5. The Morgan fingerprint density at radius 2 is 1.65 bits per heavy atom. The van der Waals surface area contributed by atoms with Crippen molar-refractivity contribution in [1.82, 2.24) is 9.78 Å². The van der Waals surface area contributed by atoms with Crippen LogP contribution in [0.2, 0.25) is 5.02 Å². The van der Waals surface area contributed by atoms with Gasteiger partial charge in [-0.1, -0.05) is 30.3 Å². The fraction of sp³-hybridized carbons (Fsp3) is 0.0625.